The van der Waals surface area contributed by atoms with Crippen LogP contribution in [-0.2, 0) is 6.61 Å². The Hall–Kier alpha value is -2.04. The summed E-state index contributed by atoms with van der Waals surface area (Å²) < 4.78 is 5.67. The largest absolute Gasteiger partial charge is 0.489 e. The predicted molar refractivity (Wildman–Crippen MR) is 86.3 cm³/mol. The lowest BCUT2D eigenvalue weighted by atomic mass is 10.2. The van der Waals surface area contributed by atoms with Crippen molar-refractivity contribution in [2.24, 2.45) is 0 Å². The van der Waals surface area contributed by atoms with Gasteiger partial charge in [0.25, 0.3) is 5.91 Å². The van der Waals surface area contributed by atoms with Gasteiger partial charge in [-0.25, -0.2) is 0 Å². The molecule has 2 rings (SSSR count). The van der Waals surface area contributed by atoms with E-state index in [9.17, 15) is 4.79 Å². The van der Waals surface area contributed by atoms with Gasteiger partial charge in [0.15, 0.2) is 0 Å². The molecule has 0 spiro atoms. The number of aliphatic hydroxyl groups is 1. The molecule has 0 atom stereocenters. The minimum atomic E-state index is -0.129. The van der Waals surface area contributed by atoms with Crippen molar-refractivity contribution >= 4 is 17.5 Å². The van der Waals surface area contributed by atoms with Gasteiger partial charge in [0.2, 0.25) is 0 Å². The summed E-state index contributed by atoms with van der Waals surface area (Å²) in [4.78, 5) is 13.5. The third-order valence-corrected chi connectivity index (χ3v) is 3.41. The third kappa shape index (κ3) is 4.48. The predicted octanol–water partition coefficient (Wildman–Crippen LogP) is 2.98. The van der Waals surface area contributed by atoms with Crippen LogP contribution >= 0.6 is 11.6 Å². The zero-order chi connectivity index (χ0) is 15.9. The molecule has 0 fully saturated rings. The highest BCUT2D eigenvalue weighted by atomic mass is 35.5. The van der Waals surface area contributed by atoms with Crippen molar-refractivity contribution in [1.29, 1.82) is 0 Å². The topological polar surface area (TPSA) is 49.8 Å². The maximum atomic E-state index is 12.0. The Morgan fingerprint density at radius 2 is 1.95 bits per heavy atom. The second-order valence-corrected chi connectivity index (χ2v) is 5.33. The summed E-state index contributed by atoms with van der Waals surface area (Å²) in [6, 6.07) is 14.4. The molecule has 0 heterocycles. The molecule has 0 aliphatic rings. The minimum Gasteiger partial charge on any atom is -0.489 e. The number of amides is 1. The van der Waals surface area contributed by atoms with Gasteiger partial charge in [0, 0.05) is 24.2 Å². The van der Waals surface area contributed by atoms with E-state index in [1.165, 1.54) is 4.90 Å². The average Bonchev–Trinajstić information content (AvgIpc) is 2.53. The molecule has 0 radical (unpaired) electrons. The summed E-state index contributed by atoms with van der Waals surface area (Å²) in [5, 5.41) is 9.53. The number of benzene rings is 2. The van der Waals surface area contributed by atoms with Gasteiger partial charge < -0.3 is 14.7 Å². The molecule has 0 bridgehead atoms. The highest BCUT2D eigenvalue weighted by molar-refractivity contribution is 6.30. The number of hydrogen-bond acceptors (Lipinski definition) is 3. The fourth-order valence-electron chi connectivity index (χ4n) is 1.96. The van der Waals surface area contributed by atoms with Crippen LogP contribution in [0.25, 0.3) is 0 Å². The lowest BCUT2D eigenvalue weighted by Gasteiger charge is -2.15. The van der Waals surface area contributed by atoms with E-state index in [4.69, 9.17) is 21.4 Å². The van der Waals surface area contributed by atoms with E-state index >= 15 is 0 Å². The summed E-state index contributed by atoms with van der Waals surface area (Å²) in [7, 11) is 1.65. The van der Waals surface area contributed by atoms with Gasteiger partial charge in [-0.2, -0.15) is 0 Å². The number of carbonyl (C=O) groups excluding carboxylic acids is 1. The number of hydrogen-bond donors (Lipinski definition) is 1. The highest BCUT2D eigenvalue weighted by Gasteiger charge is 2.10. The molecule has 4 nitrogen and oxygen atoms in total. The van der Waals surface area contributed by atoms with Crippen LogP contribution in [0, 0.1) is 0 Å². The molecule has 5 heteroatoms. The Morgan fingerprint density at radius 1 is 1.23 bits per heavy atom. The number of carbonyl (C=O) groups is 1. The number of ether oxygens (including phenoxy) is 1. The van der Waals surface area contributed by atoms with Crippen molar-refractivity contribution in [3.8, 4) is 5.75 Å². The average molecular weight is 320 g/mol. The maximum absolute atomic E-state index is 12.0. The highest BCUT2D eigenvalue weighted by Crippen LogP contribution is 2.17. The van der Waals surface area contributed by atoms with Crippen molar-refractivity contribution < 1.29 is 14.6 Å². The molecule has 1 amide bonds. The van der Waals surface area contributed by atoms with Crippen LogP contribution in [0.15, 0.2) is 48.5 Å². The van der Waals surface area contributed by atoms with Gasteiger partial charge in [-0.3, -0.25) is 4.79 Å². The Bertz CT molecular complexity index is 628. The van der Waals surface area contributed by atoms with E-state index in [0.29, 0.717) is 29.5 Å². The summed E-state index contributed by atoms with van der Waals surface area (Å²) in [5.74, 6) is 0.553. The van der Waals surface area contributed by atoms with E-state index in [-0.39, 0.29) is 12.5 Å². The SMILES string of the molecule is CN(CCO)C(=O)c1ccc(OCc2cccc(Cl)c2)cc1. The molecule has 22 heavy (non-hydrogen) atoms. The number of halogens is 1. The monoisotopic (exact) mass is 319 g/mol. The van der Waals surface area contributed by atoms with Gasteiger partial charge in [-0.05, 0) is 42.0 Å². The molecule has 0 aliphatic carbocycles. The zero-order valence-corrected chi connectivity index (χ0v) is 13.1. The standard InChI is InChI=1S/C17H18ClNO3/c1-19(9-10-20)17(21)14-5-7-16(8-6-14)22-12-13-3-2-4-15(18)11-13/h2-8,11,20H,9-10,12H2,1H3. The van der Waals surface area contributed by atoms with Crippen molar-refractivity contribution in [3.63, 3.8) is 0 Å². The fraction of sp³-hybridized carbons (Fsp3) is 0.235. The first kappa shape index (κ1) is 16.3. The molecule has 0 saturated carbocycles. The molecule has 0 aromatic heterocycles. The number of nitrogens with zero attached hydrogens (tertiary/aromatic N) is 1. The van der Waals surface area contributed by atoms with E-state index in [2.05, 4.69) is 0 Å². The number of likely N-dealkylation sites (N-methyl/N-ethyl adjacent to an activating group) is 1. The van der Waals surface area contributed by atoms with Crippen LogP contribution in [0.3, 0.4) is 0 Å². The summed E-state index contributed by atoms with van der Waals surface area (Å²) in [6.45, 7) is 0.674. The Kier molecular flexibility index (Phi) is 5.81. The zero-order valence-electron chi connectivity index (χ0n) is 12.3. The first-order valence-electron chi connectivity index (χ1n) is 6.94. The quantitative estimate of drug-likeness (QED) is 0.890. The molecule has 2 aromatic carbocycles. The van der Waals surface area contributed by atoms with Crippen LogP contribution in [0.2, 0.25) is 5.02 Å². The number of rotatable bonds is 6. The molecule has 1 N–H and O–H groups in total. The summed E-state index contributed by atoms with van der Waals surface area (Å²) in [5.41, 5.74) is 1.54. The summed E-state index contributed by atoms with van der Waals surface area (Å²) >= 11 is 5.92. The van der Waals surface area contributed by atoms with Gasteiger partial charge >= 0.3 is 0 Å². The normalized spacial score (nSPS) is 10.3. The van der Waals surface area contributed by atoms with Gasteiger partial charge in [0.05, 0.1) is 6.61 Å². The van der Waals surface area contributed by atoms with E-state index in [1.54, 1.807) is 31.3 Å². The lowest BCUT2D eigenvalue weighted by molar-refractivity contribution is 0.0767. The smallest absolute Gasteiger partial charge is 0.253 e. The second kappa shape index (κ2) is 7.82. The fourth-order valence-corrected chi connectivity index (χ4v) is 2.17. The molecular weight excluding hydrogens is 302 g/mol. The van der Waals surface area contributed by atoms with Crippen LogP contribution in [0.1, 0.15) is 15.9 Å². The van der Waals surface area contributed by atoms with Gasteiger partial charge in [0.1, 0.15) is 12.4 Å². The molecule has 0 unspecified atom stereocenters. The minimum absolute atomic E-state index is 0.0525. The summed E-state index contributed by atoms with van der Waals surface area (Å²) in [6.07, 6.45) is 0. The Balaban J connectivity index is 1.96. The van der Waals surface area contributed by atoms with Crippen molar-refractivity contribution in [2.45, 2.75) is 6.61 Å². The van der Waals surface area contributed by atoms with Crippen molar-refractivity contribution in [1.82, 2.24) is 4.90 Å². The third-order valence-electron chi connectivity index (χ3n) is 3.18. The molecule has 0 aliphatic heterocycles. The molecule has 116 valence electrons. The Labute approximate surface area is 134 Å². The van der Waals surface area contributed by atoms with Crippen molar-refractivity contribution in [3.05, 3.63) is 64.7 Å². The Morgan fingerprint density at radius 3 is 2.59 bits per heavy atom. The van der Waals surface area contributed by atoms with Crippen LogP contribution < -0.4 is 4.74 Å². The van der Waals surface area contributed by atoms with Gasteiger partial charge in [-0.15, -0.1) is 0 Å². The van der Waals surface area contributed by atoms with E-state index in [1.807, 2.05) is 24.3 Å². The van der Waals surface area contributed by atoms with Crippen LogP contribution in [0.5, 0.6) is 5.75 Å². The second-order valence-electron chi connectivity index (χ2n) is 4.89. The maximum Gasteiger partial charge on any atom is 0.253 e. The molecule has 2 aromatic rings. The van der Waals surface area contributed by atoms with E-state index in [0.717, 1.165) is 5.56 Å². The lowest BCUT2D eigenvalue weighted by Crippen LogP contribution is -2.29. The van der Waals surface area contributed by atoms with Crippen LogP contribution in [-0.4, -0.2) is 36.1 Å². The van der Waals surface area contributed by atoms with Crippen LogP contribution in [0.4, 0.5) is 0 Å². The first-order valence-corrected chi connectivity index (χ1v) is 7.31. The van der Waals surface area contributed by atoms with E-state index < -0.39 is 0 Å². The van der Waals surface area contributed by atoms with Crippen molar-refractivity contribution in [2.75, 3.05) is 20.2 Å². The first-order chi connectivity index (χ1) is 10.6. The number of aliphatic hydroxyl groups excluding tert-OH is 1. The molecular formula is C17H18ClNO3. The molecule has 0 saturated heterocycles. The van der Waals surface area contributed by atoms with Gasteiger partial charge in [-0.1, -0.05) is 23.7 Å².